The van der Waals surface area contributed by atoms with E-state index in [1.165, 1.54) is 4.21 Å². The van der Waals surface area contributed by atoms with E-state index in [-0.39, 0.29) is 5.91 Å². The molecule has 1 heterocycles. The van der Waals surface area contributed by atoms with Crippen molar-refractivity contribution in [3.8, 4) is 0 Å². The maximum atomic E-state index is 11.6. The second kappa shape index (κ2) is 8.62. The molecule has 0 aliphatic heterocycles. The third kappa shape index (κ3) is 5.79. The predicted octanol–water partition coefficient (Wildman–Crippen LogP) is 4.40. The summed E-state index contributed by atoms with van der Waals surface area (Å²) >= 11 is 10.8. The van der Waals surface area contributed by atoms with Crippen molar-refractivity contribution in [1.29, 1.82) is 0 Å². The lowest BCUT2D eigenvalue weighted by molar-refractivity contribution is -0.118. The summed E-state index contributed by atoms with van der Waals surface area (Å²) in [6.45, 7) is 0.678. The van der Waals surface area contributed by atoms with Crippen LogP contribution in [0.25, 0.3) is 0 Å². The van der Waals surface area contributed by atoms with Gasteiger partial charge in [0.25, 0.3) is 0 Å². The number of nitrogens with one attached hydrogen (secondary N) is 1. The summed E-state index contributed by atoms with van der Waals surface area (Å²) in [6, 6.07) is 11.7. The molecule has 1 amide bonds. The molecule has 0 radical (unpaired) electrons. The number of halogens is 1. The third-order valence-electron chi connectivity index (χ3n) is 2.35. The number of carbonyl (C=O) groups excluding carboxylic acids is 1. The zero-order valence-electron chi connectivity index (χ0n) is 10.7. The molecule has 0 atom stereocenters. The summed E-state index contributed by atoms with van der Waals surface area (Å²) in [6.07, 6.45) is 0. The summed E-state index contributed by atoms with van der Waals surface area (Å²) in [4.78, 5) is 12.8. The van der Waals surface area contributed by atoms with E-state index in [2.05, 4.69) is 5.32 Å². The predicted molar refractivity (Wildman–Crippen MR) is 90.2 cm³/mol. The van der Waals surface area contributed by atoms with Gasteiger partial charge in [-0.05, 0) is 35.7 Å². The van der Waals surface area contributed by atoms with Crippen molar-refractivity contribution in [2.45, 2.75) is 9.10 Å². The van der Waals surface area contributed by atoms with Crippen LogP contribution in [-0.2, 0) is 4.79 Å². The minimum absolute atomic E-state index is 0.0834. The minimum Gasteiger partial charge on any atom is -0.355 e. The lowest BCUT2D eigenvalue weighted by atomic mass is 10.4. The molecule has 0 saturated carbocycles. The Morgan fingerprint density at radius 2 is 2.00 bits per heavy atom. The number of thioether (sulfide) groups is 2. The Hall–Kier alpha value is -0.620. The molecule has 0 spiro atoms. The molecular formula is C14H14ClNOS3. The van der Waals surface area contributed by atoms with Crippen LogP contribution >= 0.6 is 46.5 Å². The molecule has 0 unspecified atom stereocenters. The highest BCUT2D eigenvalue weighted by Crippen LogP contribution is 2.23. The number of carbonyl (C=O) groups is 1. The Labute approximate surface area is 136 Å². The van der Waals surface area contributed by atoms with Gasteiger partial charge in [-0.2, -0.15) is 0 Å². The van der Waals surface area contributed by atoms with Gasteiger partial charge in [-0.25, -0.2) is 0 Å². The van der Waals surface area contributed by atoms with Crippen LogP contribution < -0.4 is 5.32 Å². The summed E-state index contributed by atoms with van der Waals surface area (Å²) in [5.74, 6) is 1.42. The number of benzene rings is 1. The Morgan fingerprint density at radius 3 is 2.70 bits per heavy atom. The maximum absolute atomic E-state index is 11.6. The molecule has 0 aliphatic rings. The fourth-order valence-corrected chi connectivity index (χ4v) is 3.93. The van der Waals surface area contributed by atoms with E-state index in [4.69, 9.17) is 11.6 Å². The molecule has 1 aromatic carbocycles. The van der Waals surface area contributed by atoms with Gasteiger partial charge < -0.3 is 5.32 Å². The Morgan fingerprint density at radius 1 is 1.20 bits per heavy atom. The minimum atomic E-state index is 0.0834. The van der Waals surface area contributed by atoms with E-state index in [9.17, 15) is 4.79 Å². The molecule has 20 heavy (non-hydrogen) atoms. The van der Waals surface area contributed by atoms with Crippen LogP contribution in [0.2, 0.25) is 5.02 Å². The fraction of sp³-hybridized carbons (Fsp3) is 0.214. The zero-order valence-corrected chi connectivity index (χ0v) is 13.9. The topological polar surface area (TPSA) is 29.1 Å². The molecular weight excluding hydrogens is 330 g/mol. The molecule has 2 aromatic rings. The zero-order chi connectivity index (χ0) is 14.2. The van der Waals surface area contributed by atoms with E-state index in [0.29, 0.717) is 12.3 Å². The van der Waals surface area contributed by atoms with Crippen molar-refractivity contribution in [2.24, 2.45) is 0 Å². The highest BCUT2D eigenvalue weighted by atomic mass is 35.5. The van der Waals surface area contributed by atoms with E-state index >= 15 is 0 Å². The monoisotopic (exact) mass is 343 g/mol. The first kappa shape index (κ1) is 15.8. The van der Waals surface area contributed by atoms with E-state index in [1.54, 1.807) is 34.9 Å². The van der Waals surface area contributed by atoms with Gasteiger partial charge >= 0.3 is 0 Å². The Balaban J connectivity index is 1.58. The first-order valence-electron chi connectivity index (χ1n) is 6.05. The number of thiophene rings is 1. The van der Waals surface area contributed by atoms with Crippen molar-refractivity contribution in [1.82, 2.24) is 5.32 Å². The highest BCUT2D eigenvalue weighted by molar-refractivity contribution is 8.01. The Bertz CT molecular complexity index is 528. The standard InChI is InChI=1S/C14H14ClNOS3/c15-11-3-5-12(6-4-11)18-9-7-16-13(17)10-20-14-2-1-8-19-14/h1-6,8H,7,9-10H2,(H,16,17). The molecule has 106 valence electrons. The van der Waals surface area contributed by atoms with Crippen LogP contribution in [0.5, 0.6) is 0 Å². The molecule has 2 rings (SSSR count). The van der Waals surface area contributed by atoms with Gasteiger partial charge in [0.1, 0.15) is 0 Å². The van der Waals surface area contributed by atoms with Gasteiger partial charge in [-0.15, -0.1) is 34.9 Å². The summed E-state index contributed by atoms with van der Waals surface area (Å²) < 4.78 is 1.18. The number of hydrogen-bond acceptors (Lipinski definition) is 4. The molecule has 0 saturated heterocycles. The van der Waals surface area contributed by atoms with Gasteiger partial charge in [0.05, 0.1) is 9.96 Å². The largest absolute Gasteiger partial charge is 0.355 e. The van der Waals surface area contributed by atoms with Crippen LogP contribution in [0.15, 0.2) is 50.9 Å². The Kier molecular flexibility index (Phi) is 6.79. The van der Waals surface area contributed by atoms with E-state index in [1.807, 2.05) is 41.8 Å². The summed E-state index contributed by atoms with van der Waals surface area (Å²) in [5.41, 5.74) is 0. The second-order valence-corrected chi connectivity index (χ2v) is 7.70. The van der Waals surface area contributed by atoms with Crippen LogP contribution in [0.4, 0.5) is 0 Å². The number of hydrogen-bond donors (Lipinski definition) is 1. The van der Waals surface area contributed by atoms with Crippen molar-refractivity contribution >= 4 is 52.4 Å². The molecule has 0 bridgehead atoms. The first-order valence-corrected chi connectivity index (χ1v) is 9.28. The van der Waals surface area contributed by atoms with Gasteiger partial charge in [-0.3, -0.25) is 4.79 Å². The SMILES string of the molecule is O=C(CSc1cccs1)NCCSc1ccc(Cl)cc1. The van der Waals surface area contributed by atoms with E-state index in [0.717, 1.165) is 15.7 Å². The molecule has 0 fully saturated rings. The van der Waals surface area contributed by atoms with Crippen molar-refractivity contribution < 1.29 is 4.79 Å². The molecule has 2 nitrogen and oxygen atoms in total. The second-order valence-electron chi connectivity index (χ2n) is 3.87. The lowest BCUT2D eigenvalue weighted by Crippen LogP contribution is -2.27. The van der Waals surface area contributed by atoms with Gasteiger partial charge in [0.2, 0.25) is 5.91 Å². The van der Waals surface area contributed by atoms with Gasteiger partial charge in [0.15, 0.2) is 0 Å². The molecule has 0 aliphatic carbocycles. The molecule has 1 aromatic heterocycles. The quantitative estimate of drug-likeness (QED) is 0.596. The maximum Gasteiger partial charge on any atom is 0.230 e. The summed E-state index contributed by atoms with van der Waals surface area (Å²) in [7, 11) is 0. The van der Waals surface area contributed by atoms with Crippen molar-refractivity contribution in [2.75, 3.05) is 18.1 Å². The first-order chi connectivity index (χ1) is 9.74. The van der Waals surface area contributed by atoms with Crippen molar-refractivity contribution in [3.05, 3.63) is 46.8 Å². The molecule has 6 heteroatoms. The van der Waals surface area contributed by atoms with Crippen LogP contribution in [0.1, 0.15) is 0 Å². The van der Waals surface area contributed by atoms with Gasteiger partial charge in [0, 0.05) is 22.2 Å². The van der Waals surface area contributed by atoms with Crippen LogP contribution in [0, 0.1) is 0 Å². The smallest absolute Gasteiger partial charge is 0.230 e. The van der Waals surface area contributed by atoms with Crippen LogP contribution in [-0.4, -0.2) is 24.0 Å². The van der Waals surface area contributed by atoms with Crippen LogP contribution in [0.3, 0.4) is 0 Å². The van der Waals surface area contributed by atoms with Crippen molar-refractivity contribution in [3.63, 3.8) is 0 Å². The average Bonchev–Trinajstić information content (AvgIpc) is 2.96. The highest BCUT2D eigenvalue weighted by Gasteiger charge is 2.03. The average molecular weight is 344 g/mol. The lowest BCUT2D eigenvalue weighted by Gasteiger charge is -2.04. The fourth-order valence-electron chi connectivity index (χ4n) is 1.42. The molecule has 1 N–H and O–H groups in total. The summed E-state index contributed by atoms with van der Waals surface area (Å²) in [5, 5.41) is 5.69. The number of rotatable bonds is 7. The normalized spacial score (nSPS) is 10.4. The van der Waals surface area contributed by atoms with E-state index < -0.39 is 0 Å². The van der Waals surface area contributed by atoms with Gasteiger partial charge in [-0.1, -0.05) is 17.7 Å². The number of amides is 1. The third-order valence-corrected chi connectivity index (χ3v) is 5.74.